The molecule has 3 nitrogen and oxygen atoms in total. The van der Waals surface area contributed by atoms with E-state index < -0.39 is 6.36 Å². The Morgan fingerprint density at radius 1 is 1.33 bits per heavy atom. The third-order valence-corrected chi connectivity index (χ3v) is 3.76. The Morgan fingerprint density at radius 2 is 2.14 bits per heavy atom. The van der Waals surface area contributed by atoms with Gasteiger partial charge in [-0.05, 0) is 44.1 Å². The summed E-state index contributed by atoms with van der Waals surface area (Å²) in [6.07, 6.45) is -0.993. The van der Waals surface area contributed by atoms with Gasteiger partial charge in [0.25, 0.3) is 0 Å². The van der Waals surface area contributed by atoms with Crippen LogP contribution in [0.4, 0.5) is 13.2 Å². The lowest BCUT2D eigenvalue weighted by Crippen LogP contribution is -2.42. The zero-order valence-electron chi connectivity index (χ0n) is 12.1. The minimum Gasteiger partial charge on any atom is -0.406 e. The predicted octanol–water partition coefficient (Wildman–Crippen LogP) is 3.16. The molecule has 0 aromatic heterocycles. The Labute approximate surface area is 123 Å². The molecule has 6 heteroatoms. The fraction of sp³-hybridized carbons (Fsp3) is 0.600. The maximum atomic E-state index is 12.2. The summed E-state index contributed by atoms with van der Waals surface area (Å²) in [5.41, 5.74) is 0.787. The number of hydrogen-bond donors (Lipinski definition) is 1. The quantitative estimate of drug-likeness (QED) is 0.904. The van der Waals surface area contributed by atoms with E-state index in [9.17, 15) is 13.2 Å². The molecule has 0 saturated carbocycles. The van der Waals surface area contributed by atoms with Gasteiger partial charge in [-0.3, -0.25) is 0 Å². The molecule has 1 unspecified atom stereocenters. The molecule has 1 aromatic carbocycles. The summed E-state index contributed by atoms with van der Waals surface area (Å²) in [4.78, 5) is 2.33. The standard InChI is InChI=1S/C15H21F3N2O/c1-20-8-3-2-6-13(20)11-19-10-12-5-4-7-14(9-12)21-15(16,17)18/h4-5,7,9,13,19H,2-3,6,8,10-11H2,1H3. The number of hydrogen-bond acceptors (Lipinski definition) is 3. The average Bonchev–Trinajstić information content (AvgIpc) is 2.39. The lowest BCUT2D eigenvalue weighted by Gasteiger charge is -2.32. The van der Waals surface area contributed by atoms with Gasteiger partial charge in [0, 0.05) is 19.1 Å². The zero-order chi connectivity index (χ0) is 15.3. The second-order valence-electron chi connectivity index (χ2n) is 5.46. The van der Waals surface area contributed by atoms with E-state index in [2.05, 4.69) is 22.0 Å². The van der Waals surface area contributed by atoms with E-state index >= 15 is 0 Å². The van der Waals surface area contributed by atoms with Gasteiger partial charge in [0.05, 0.1) is 0 Å². The molecule has 0 aliphatic carbocycles. The third-order valence-electron chi connectivity index (χ3n) is 3.76. The second kappa shape index (κ2) is 7.13. The Morgan fingerprint density at radius 3 is 2.86 bits per heavy atom. The normalized spacial score (nSPS) is 20.5. The van der Waals surface area contributed by atoms with Gasteiger partial charge < -0.3 is 15.0 Å². The van der Waals surface area contributed by atoms with E-state index in [-0.39, 0.29) is 5.75 Å². The van der Waals surface area contributed by atoms with E-state index in [1.165, 1.54) is 31.4 Å². The molecule has 0 spiro atoms. The first kappa shape index (κ1) is 16.1. The minimum absolute atomic E-state index is 0.170. The Balaban J connectivity index is 1.81. The van der Waals surface area contributed by atoms with Gasteiger partial charge in [0.15, 0.2) is 0 Å². The SMILES string of the molecule is CN1CCCCC1CNCc1cccc(OC(F)(F)F)c1. The molecule has 1 N–H and O–H groups in total. The number of benzene rings is 1. The number of nitrogens with zero attached hydrogens (tertiary/aromatic N) is 1. The molecule has 1 aliphatic heterocycles. The van der Waals surface area contributed by atoms with Crippen LogP contribution in [0.25, 0.3) is 0 Å². The zero-order valence-corrected chi connectivity index (χ0v) is 12.1. The van der Waals surface area contributed by atoms with Gasteiger partial charge in [-0.15, -0.1) is 13.2 Å². The van der Waals surface area contributed by atoms with Gasteiger partial charge in [-0.1, -0.05) is 18.6 Å². The largest absolute Gasteiger partial charge is 0.573 e. The van der Waals surface area contributed by atoms with Crippen molar-refractivity contribution in [3.8, 4) is 5.75 Å². The van der Waals surface area contributed by atoms with E-state index in [0.29, 0.717) is 12.6 Å². The number of rotatable bonds is 5. The molecule has 21 heavy (non-hydrogen) atoms. The Kier molecular flexibility index (Phi) is 5.47. The maximum Gasteiger partial charge on any atom is 0.573 e. The van der Waals surface area contributed by atoms with Crippen LogP contribution in [0.5, 0.6) is 5.75 Å². The number of likely N-dealkylation sites (N-methyl/N-ethyl adjacent to an activating group) is 1. The fourth-order valence-electron chi connectivity index (χ4n) is 2.64. The summed E-state index contributed by atoms with van der Waals surface area (Å²) in [6.45, 7) is 2.50. The summed E-state index contributed by atoms with van der Waals surface area (Å²) < 4.78 is 40.4. The molecule has 1 fully saturated rings. The highest BCUT2D eigenvalue weighted by molar-refractivity contribution is 5.28. The molecule has 1 aliphatic rings. The highest BCUT2D eigenvalue weighted by Crippen LogP contribution is 2.23. The summed E-state index contributed by atoms with van der Waals surface area (Å²) >= 11 is 0. The van der Waals surface area contributed by atoms with Crippen molar-refractivity contribution in [3.05, 3.63) is 29.8 Å². The highest BCUT2D eigenvalue weighted by Gasteiger charge is 2.31. The van der Waals surface area contributed by atoms with Crippen LogP contribution in [0, 0.1) is 0 Å². The van der Waals surface area contributed by atoms with Crippen molar-refractivity contribution in [1.29, 1.82) is 0 Å². The molecule has 2 rings (SSSR count). The van der Waals surface area contributed by atoms with Crippen LogP contribution in [0.1, 0.15) is 24.8 Å². The maximum absolute atomic E-state index is 12.2. The van der Waals surface area contributed by atoms with Crippen LogP contribution in [0.15, 0.2) is 24.3 Å². The third kappa shape index (κ3) is 5.55. The van der Waals surface area contributed by atoms with Gasteiger partial charge in [-0.25, -0.2) is 0 Å². The first-order valence-corrected chi connectivity index (χ1v) is 7.20. The van der Waals surface area contributed by atoms with E-state index in [0.717, 1.165) is 18.7 Å². The molecule has 0 amide bonds. The highest BCUT2D eigenvalue weighted by atomic mass is 19.4. The number of nitrogens with one attached hydrogen (secondary N) is 1. The van der Waals surface area contributed by atoms with Crippen molar-refractivity contribution >= 4 is 0 Å². The molecule has 1 saturated heterocycles. The number of likely N-dealkylation sites (tertiary alicyclic amines) is 1. The number of piperidine rings is 1. The lowest BCUT2D eigenvalue weighted by atomic mass is 10.0. The van der Waals surface area contributed by atoms with Crippen LogP contribution in [0.2, 0.25) is 0 Å². The van der Waals surface area contributed by atoms with Crippen LogP contribution in [0.3, 0.4) is 0 Å². The summed E-state index contributed by atoms with van der Waals surface area (Å²) in [6, 6.07) is 6.61. The number of ether oxygens (including phenoxy) is 1. The van der Waals surface area contributed by atoms with E-state index in [4.69, 9.17) is 0 Å². The molecular weight excluding hydrogens is 281 g/mol. The fourth-order valence-corrected chi connectivity index (χ4v) is 2.64. The lowest BCUT2D eigenvalue weighted by molar-refractivity contribution is -0.274. The van der Waals surface area contributed by atoms with Crippen LogP contribution < -0.4 is 10.1 Å². The van der Waals surface area contributed by atoms with Crippen LogP contribution in [-0.2, 0) is 6.54 Å². The van der Waals surface area contributed by atoms with Crippen molar-refractivity contribution in [3.63, 3.8) is 0 Å². The Hall–Kier alpha value is -1.27. The van der Waals surface area contributed by atoms with Crippen LogP contribution >= 0.6 is 0 Å². The topological polar surface area (TPSA) is 24.5 Å². The molecular formula is C15H21F3N2O. The number of alkyl halides is 3. The van der Waals surface area contributed by atoms with E-state index in [1.807, 2.05) is 0 Å². The molecule has 118 valence electrons. The van der Waals surface area contributed by atoms with Crippen molar-refractivity contribution in [2.24, 2.45) is 0 Å². The summed E-state index contributed by atoms with van der Waals surface area (Å²) in [5.74, 6) is -0.170. The second-order valence-corrected chi connectivity index (χ2v) is 5.46. The molecule has 0 bridgehead atoms. The van der Waals surface area contributed by atoms with Crippen molar-refractivity contribution < 1.29 is 17.9 Å². The van der Waals surface area contributed by atoms with Crippen molar-refractivity contribution in [2.75, 3.05) is 20.1 Å². The van der Waals surface area contributed by atoms with Gasteiger partial charge in [0.1, 0.15) is 5.75 Å². The molecule has 1 heterocycles. The van der Waals surface area contributed by atoms with Gasteiger partial charge in [0.2, 0.25) is 0 Å². The van der Waals surface area contributed by atoms with Gasteiger partial charge >= 0.3 is 6.36 Å². The molecule has 0 radical (unpaired) electrons. The summed E-state index contributed by atoms with van der Waals surface area (Å²) in [5, 5.41) is 3.31. The Bertz CT molecular complexity index is 451. The smallest absolute Gasteiger partial charge is 0.406 e. The first-order chi connectivity index (χ1) is 9.94. The molecule has 1 atom stereocenters. The number of halogens is 3. The van der Waals surface area contributed by atoms with Gasteiger partial charge in [-0.2, -0.15) is 0 Å². The van der Waals surface area contributed by atoms with E-state index in [1.54, 1.807) is 12.1 Å². The van der Waals surface area contributed by atoms with Crippen LogP contribution in [-0.4, -0.2) is 37.4 Å². The summed E-state index contributed by atoms with van der Waals surface area (Å²) in [7, 11) is 2.11. The molecule has 1 aromatic rings. The monoisotopic (exact) mass is 302 g/mol. The predicted molar refractivity (Wildman–Crippen MR) is 75.1 cm³/mol. The van der Waals surface area contributed by atoms with Crippen molar-refractivity contribution in [1.82, 2.24) is 10.2 Å². The first-order valence-electron chi connectivity index (χ1n) is 7.20. The van der Waals surface area contributed by atoms with Crippen molar-refractivity contribution in [2.45, 2.75) is 38.2 Å². The minimum atomic E-state index is -4.64. The average molecular weight is 302 g/mol.